The van der Waals surface area contributed by atoms with Gasteiger partial charge in [-0.15, -0.1) is 0 Å². The number of halogens is 2. The van der Waals surface area contributed by atoms with Gasteiger partial charge in [0.2, 0.25) is 11.6 Å². The van der Waals surface area contributed by atoms with Gasteiger partial charge in [0.15, 0.2) is 11.5 Å². The van der Waals surface area contributed by atoms with Crippen LogP contribution in [0, 0.1) is 11.6 Å². The van der Waals surface area contributed by atoms with Crippen molar-refractivity contribution < 1.29 is 18.3 Å². The summed E-state index contributed by atoms with van der Waals surface area (Å²) < 4.78 is 40.6. The Kier molecular flexibility index (Phi) is 5.42. The molecule has 0 N–H and O–H groups in total. The van der Waals surface area contributed by atoms with Crippen LogP contribution in [0.1, 0.15) is 69.9 Å². The molecule has 2 heterocycles. The van der Waals surface area contributed by atoms with E-state index in [9.17, 15) is 8.78 Å². The minimum atomic E-state index is -0.914. The van der Waals surface area contributed by atoms with Crippen LogP contribution in [0.3, 0.4) is 0 Å². The minimum absolute atomic E-state index is 0.0164. The first-order valence-electron chi connectivity index (χ1n) is 9.21. The summed E-state index contributed by atoms with van der Waals surface area (Å²) in [6, 6.07) is 0. The van der Waals surface area contributed by atoms with Crippen LogP contribution in [0.4, 0.5) is 8.78 Å². The number of unbranched alkanes of at least 4 members (excludes halogenated alkanes) is 2. The lowest BCUT2D eigenvalue weighted by Crippen LogP contribution is -2.26. The van der Waals surface area contributed by atoms with Crippen LogP contribution in [-0.4, -0.2) is 12.2 Å². The number of hydrogen-bond acceptors (Lipinski definition) is 2. The van der Waals surface area contributed by atoms with Crippen LogP contribution in [0.15, 0.2) is 6.08 Å². The summed E-state index contributed by atoms with van der Waals surface area (Å²) in [5.41, 5.74) is 1.41. The Hall–Kier alpha value is -1.58. The molecule has 1 aromatic rings. The van der Waals surface area contributed by atoms with E-state index in [1.54, 1.807) is 0 Å². The number of fused-ring (bicyclic) bond motifs is 3. The van der Waals surface area contributed by atoms with Crippen molar-refractivity contribution in [1.29, 1.82) is 0 Å². The van der Waals surface area contributed by atoms with Crippen molar-refractivity contribution in [3.63, 3.8) is 0 Å². The first-order chi connectivity index (χ1) is 11.7. The lowest BCUT2D eigenvalue weighted by molar-refractivity contribution is 0.147. The molecule has 2 aliphatic heterocycles. The highest BCUT2D eigenvalue weighted by molar-refractivity contribution is 5.68. The van der Waals surface area contributed by atoms with E-state index in [1.807, 2.05) is 19.1 Å². The third kappa shape index (κ3) is 3.28. The summed E-state index contributed by atoms with van der Waals surface area (Å²) in [4.78, 5) is 0. The number of benzene rings is 1. The normalized spacial score (nSPS) is 21.7. The number of rotatable bonds is 6. The van der Waals surface area contributed by atoms with Crippen molar-refractivity contribution in [3.05, 3.63) is 28.8 Å². The number of hydrogen-bond donors (Lipinski definition) is 0. The molecule has 0 radical (unpaired) electrons. The SMILES string of the molecule is CCCCCC1CCc2c3c(c(F)c(F)c2O1)OC(CCC)C=C3. The number of ether oxygens (including phenoxy) is 2. The Balaban J connectivity index is 1.86. The van der Waals surface area contributed by atoms with Crippen LogP contribution >= 0.6 is 0 Å². The minimum Gasteiger partial charge on any atom is -0.487 e. The Morgan fingerprint density at radius 3 is 2.54 bits per heavy atom. The molecule has 4 heteroatoms. The second-order valence-electron chi connectivity index (χ2n) is 6.76. The van der Waals surface area contributed by atoms with E-state index in [0.717, 1.165) is 50.5 Å². The maximum Gasteiger partial charge on any atom is 0.205 e. The van der Waals surface area contributed by atoms with E-state index < -0.39 is 11.6 Å². The molecule has 1 aromatic carbocycles. The van der Waals surface area contributed by atoms with Gasteiger partial charge < -0.3 is 9.47 Å². The molecule has 0 fully saturated rings. The van der Waals surface area contributed by atoms with Gasteiger partial charge >= 0.3 is 0 Å². The molecule has 0 aromatic heterocycles. The molecule has 24 heavy (non-hydrogen) atoms. The average molecular weight is 336 g/mol. The van der Waals surface area contributed by atoms with Crippen LogP contribution in [0.5, 0.6) is 11.5 Å². The molecule has 0 spiro atoms. The average Bonchev–Trinajstić information content (AvgIpc) is 2.60. The predicted molar refractivity (Wildman–Crippen MR) is 91.6 cm³/mol. The molecule has 3 rings (SSSR count). The highest BCUT2D eigenvalue weighted by Crippen LogP contribution is 2.43. The molecule has 132 valence electrons. The maximum atomic E-state index is 14.5. The third-order valence-electron chi connectivity index (χ3n) is 4.89. The van der Waals surface area contributed by atoms with Gasteiger partial charge in [-0.2, -0.15) is 8.78 Å². The molecule has 0 bridgehead atoms. The monoisotopic (exact) mass is 336 g/mol. The van der Waals surface area contributed by atoms with E-state index in [0.29, 0.717) is 12.0 Å². The third-order valence-corrected chi connectivity index (χ3v) is 4.89. The Bertz CT molecular complexity index is 625. The zero-order chi connectivity index (χ0) is 17.1. The molecular formula is C20H26F2O2. The summed E-state index contributed by atoms with van der Waals surface area (Å²) >= 11 is 0. The van der Waals surface area contributed by atoms with E-state index in [4.69, 9.17) is 9.47 Å². The van der Waals surface area contributed by atoms with Crippen molar-refractivity contribution >= 4 is 6.08 Å². The van der Waals surface area contributed by atoms with Crippen molar-refractivity contribution in [2.75, 3.05) is 0 Å². The van der Waals surface area contributed by atoms with Crippen LogP contribution in [-0.2, 0) is 6.42 Å². The van der Waals surface area contributed by atoms with Crippen molar-refractivity contribution in [1.82, 2.24) is 0 Å². The Labute approximate surface area is 142 Å². The quantitative estimate of drug-likeness (QED) is 0.610. The van der Waals surface area contributed by atoms with E-state index in [2.05, 4.69) is 6.92 Å². The lowest BCUT2D eigenvalue weighted by atomic mass is 9.92. The predicted octanol–water partition coefficient (Wildman–Crippen LogP) is 5.81. The van der Waals surface area contributed by atoms with E-state index in [-0.39, 0.29) is 23.7 Å². The van der Waals surface area contributed by atoms with Gasteiger partial charge in [0.25, 0.3) is 0 Å². The summed E-state index contributed by atoms with van der Waals surface area (Å²) in [7, 11) is 0. The summed E-state index contributed by atoms with van der Waals surface area (Å²) in [5.74, 6) is -1.65. The topological polar surface area (TPSA) is 18.5 Å². The summed E-state index contributed by atoms with van der Waals surface area (Å²) in [6.07, 6.45) is 11.1. The van der Waals surface area contributed by atoms with E-state index >= 15 is 0 Å². The lowest BCUT2D eigenvalue weighted by Gasteiger charge is -2.31. The van der Waals surface area contributed by atoms with Gasteiger partial charge in [-0.3, -0.25) is 0 Å². The zero-order valence-corrected chi connectivity index (χ0v) is 14.5. The molecule has 2 atom stereocenters. The standard InChI is InChI=1S/C20H26F2O2/c1-3-5-6-8-14-10-12-16-15-11-9-13(7-4-2)23-19(15)17(21)18(22)20(16)24-14/h9,11,13-14H,3-8,10,12H2,1-2H3. The molecule has 2 nitrogen and oxygen atoms in total. The van der Waals surface area contributed by atoms with Crippen LogP contribution in [0.2, 0.25) is 0 Å². The van der Waals surface area contributed by atoms with Gasteiger partial charge in [0.05, 0.1) is 6.10 Å². The van der Waals surface area contributed by atoms with Crippen LogP contribution < -0.4 is 9.47 Å². The Morgan fingerprint density at radius 1 is 1.00 bits per heavy atom. The summed E-state index contributed by atoms with van der Waals surface area (Å²) in [5, 5.41) is 0. The van der Waals surface area contributed by atoms with Crippen molar-refractivity contribution in [2.45, 2.75) is 77.4 Å². The van der Waals surface area contributed by atoms with Crippen molar-refractivity contribution in [3.8, 4) is 11.5 Å². The molecule has 0 aliphatic carbocycles. The maximum absolute atomic E-state index is 14.5. The first kappa shape index (κ1) is 17.2. The highest BCUT2D eigenvalue weighted by Gasteiger charge is 2.32. The van der Waals surface area contributed by atoms with Gasteiger partial charge in [-0.05, 0) is 38.2 Å². The molecule has 0 amide bonds. The molecular weight excluding hydrogens is 310 g/mol. The molecule has 0 saturated carbocycles. The smallest absolute Gasteiger partial charge is 0.205 e. The fourth-order valence-corrected chi connectivity index (χ4v) is 3.56. The summed E-state index contributed by atoms with van der Waals surface area (Å²) in [6.45, 7) is 4.19. The second-order valence-corrected chi connectivity index (χ2v) is 6.76. The van der Waals surface area contributed by atoms with Gasteiger partial charge in [-0.25, -0.2) is 0 Å². The van der Waals surface area contributed by atoms with E-state index in [1.165, 1.54) is 0 Å². The Morgan fingerprint density at radius 2 is 1.79 bits per heavy atom. The second kappa shape index (κ2) is 7.54. The molecule has 2 unspecified atom stereocenters. The highest BCUT2D eigenvalue weighted by atomic mass is 19.2. The molecule has 0 saturated heterocycles. The molecule has 2 aliphatic rings. The van der Waals surface area contributed by atoms with Crippen LogP contribution in [0.25, 0.3) is 6.08 Å². The van der Waals surface area contributed by atoms with Gasteiger partial charge in [0, 0.05) is 11.1 Å². The van der Waals surface area contributed by atoms with Gasteiger partial charge in [-0.1, -0.05) is 39.2 Å². The van der Waals surface area contributed by atoms with Crippen molar-refractivity contribution in [2.24, 2.45) is 0 Å². The fourth-order valence-electron chi connectivity index (χ4n) is 3.56. The first-order valence-corrected chi connectivity index (χ1v) is 9.21. The van der Waals surface area contributed by atoms with Gasteiger partial charge in [0.1, 0.15) is 6.10 Å². The zero-order valence-electron chi connectivity index (χ0n) is 14.5. The largest absolute Gasteiger partial charge is 0.487 e. The fraction of sp³-hybridized carbons (Fsp3) is 0.600.